The van der Waals surface area contributed by atoms with Crippen LogP contribution in [0.4, 0.5) is 14.5 Å². The molecular weight excluding hydrogens is 364 g/mol. The number of carbonyl (C=O) groups excluding carboxylic acids is 1. The van der Waals surface area contributed by atoms with Crippen molar-refractivity contribution in [2.24, 2.45) is 0 Å². The maximum atomic E-state index is 13.9. The van der Waals surface area contributed by atoms with E-state index in [1.807, 2.05) is 10.9 Å². The highest BCUT2D eigenvalue weighted by atomic mass is 19.1. The molecule has 1 aromatic heterocycles. The van der Waals surface area contributed by atoms with Crippen LogP contribution < -0.4 is 10.1 Å². The molecule has 0 saturated heterocycles. The number of nitrogens with zero attached hydrogens (tertiary/aromatic N) is 2. The van der Waals surface area contributed by atoms with Crippen LogP contribution in [0.2, 0.25) is 0 Å². The summed E-state index contributed by atoms with van der Waals surface area (Å²) in [6.45, 7) is 0. The van der Waals surface area contributed by atoms with E-state index in [1.54, 1.807) is 12.1 Å². The number of benzene rings is 2. The van der Waals surface area contributed by atoms with Crippen LogP contribution in [0.25, 0.3) is 10.9 Å². The number of rotatable bonds is 4. The molecule has 1 amide bonds. The van der Waals surface area contributed by atoms with Gasteiger partial charge >= 0.3 is 0 Å². The number of ether oxygens (including phenoxy) is 1. The molecule has 3 aromatic rings. The minimum Gasteiger partial charge on any atom is -0.494 e. The quantitative estimate of drug-likeness (QED) is 0.681. The Morgan fingerprint density at radius 1 is 1.18 bits per heavy atom. The monoisotopic (exact) mass is 385 g/mol. The number of aromatic nitrogens is 2. The van der Waals surface area contributed by atoms with Crippen molar-refractivity contribution in [1.29, 1.82) is 0 Å². The van der Waals surface area contributed by atoms with Gasteiger partial charge in [0.15, 0.2) is 0 Å². The molecule has 4 rings (SSSR count). The third-order valence-electron chi connectivity index (χ3n) is 5.22. The molecule has 7 heteroatoms. The molecule has 1 N–H and O–H groups in total. The van der Waals surface area contributed by atoms with Crippen LogP contribution in [0, 0.1) is 11.6 Å². The molecule has 146 valence electrons. The molecule has 1 saturated carbocycles. The van der Waals surface area contributed by atoms with Gasteiger partial charge in [-0.1, -0.05) is 19.3 Å². The molecule has 1 fully saturated rings. The molecule has 1 aliphatic rings. The average Bonchev–Trinajstić information content (AvgIpc) is 3.10. The molecular formula is C21H21F2N3O2. The number of hydrogen-bond donors (Lipinski definition) is 1. The van der Waals surface area contributed by atoms with Crippen LogP contribution in [-0.4, -0.2) is 22.8 Å². The Hall–Kier alpha value is -2.96. The highest BCUT2D eigenvalue weighted by molar-refractivity contribution is 6.06. The lowest BCUT2D eigenvalue weighted by molar-refractivity contribution is 0.102. The number of hydrogen-bond acceptors (Lipinski definition) is 3. The van der Waals surface area contributed by atoms with Crippen molar-refractivity contribution in [2.45, 2.75) is 38.1 Å². The molecule has 0 aliphatic heterocycles. The summed E-state index contributed by atoms with van der Waals surface area (Å²) < 4.78 is 34.4. The largest absolute Gasteiger partial charge is 0.494 e. The van der Waals surface area contributed by atoms with Gasteiger partial charge < -0.3 is 10.1 Å². The fourth-order valence-electron chi connectivity index (χ4n) is 3.73. The summed E-state index contributed by atoms with van der Waals surface area (Å²) >= 11 is 0. The first-order valence-electron chi connectivity index (χ1n) is 9.38. The first-order valence-corrected chi connectivity index (χ1v) is 9.38. The van der Waals surface area contributed by atoms with Crippen molar-refractivity contribution in [1.82, 2.24) is 9.78 Å². The van der Waals surface area contributed by atoms with Gasteiger partial charge in [0.1, 0.15) is 17.4 Å². The number of fused-ring (bicyclic) bond motifs is 1. The number of carbonyl (C=O) groups is 1. The number of methoxy groups -OCH3 is 1. The first-order chi connectivity index (χ1) is 13.5. The lowest BCUT2D eigenvalue weighted by atomic mass is 9.96. The molecule has 28 heavy (non-hydrogen) atoms. The third-order valence-corrected chi connectivity index (χ3v) is 5.22. The summed E-state index contributed by atoms with van der Waals surface area (Å²) in [6, 6.07) is 6.76. The fourth-order valence-corrected chi connectivity index (χ4v) is 3.73. The number of anilines is 1. The maximum Gasteiger partial charge on any atom is 0.258 e. The van der Waals surface area contributed by atoms with Gasteiger partial charge in [0.2, 0.25) is 0 Å². The van der Waals surface area contributed by atoms with Crippen LogP contribution in [0.15, 0.2) is 36.5 Å². The van der Waals surface area contributed by atoms with E-state index in [4.69, 9.17) is 4.74 Å². The number of halogens is 2. The zero-order valence-corrected chi connectivity index (χ0v) is 15.5. The lowest BCUT2D eigenvalue weighted by Gasteiger charge is -2.21. The summed E-state index contributed by atoms with van der Waals surface area (Å²) in [6.07, 6.45) is 7.86. The van der Waals surface area contributed by atoms with Gasteiger partial charge in [-0.15, -0.1) is 0 Å². The van der Waals surface area contributed by atoms with E-state index in [9.17, 15) is 13.6 Å². The molecule has 0 spiro atoms. The van der Waals surface area contributed by atoms with Crippen molar-refractivity contribution < 1.29 is 18.3 Å². The second kappa shape index (κ2) is 7.58. The van der Waals surface area contributed by atoms with Crippen molar-refractivity contribution >= 4 is 22.5 Å². The van der Waals surface area contributed by atoms with Crippen molar-refractivity contribution in [3.8, 4) is 5.75 Å². The molecule has 0 atom stereocenters. The summed E-state index contributed by atoms with van der Waals surface area (Å²) in [5.74, 6) is -1.89. The van der Waals surface area contributed by atoms with Crippen LogP contribution >= 0.6 is 0 Å². The Morgan fingerprint density at radius 3 is 2.68 bits per heavy atom. The van der Waals surface area contributed by atoms with E-state index in [-0.39, 0.29) is 5.56 Å². The Morgan fingerprint density at radius 2 is 1.96 bits per heavy atom. The SMILES string of the molecule is COc1cc2nn(C3CCCCC3)cc2cc1NC(=O)c1ccc(F)cc1F. The molecule has 0 bridgehead atoms. The zero-order valence-electron chi connectivity index (χ0n) is 15.5. The molecule has 0 radical (unpaired) electrons. The van der Waals surface area contributed by atoms with Gasteiger partial charge in [-0.05, 0) is 31.0 Å². The normalized spacial score (nSPS) is 15.0. The number of nitrogens with one attached hydrogen (secondary N) is 1. The Labute approximate surface area is 161 Å². The fraction of sp³-hybridized carbons (Fsp3) is 0.333. The first kappa shape index (κ1) is 18.4. The second-order valence-corrected chi connectivity index (χ2v) is 7.09. The smallest absolute Gasteiger partial charge is 0.258 e. The molecule has 1 heterocycles. The molecule has 2 aromatic carbocycles. The van der Waals surface area contributed by atoms with E-state index in [1.165, 1.54) is 26.4 Å². The Bertz CT molecular complexity index is 1030. The predicted molar refractivity (Wildman–Crippen MR) is 103 cm³/mol. The van der Waals surface area contributed by atoms with Gasteiger partial charge in [0, 0.05) is 23.7 Å². The van der Waals surface area contributed by atoms with Crippen LogP contribution in [-0.2, 0) is 0 Å². The van der Waals surface area contributed by atoms with E-state index in [0.29, 0.717) is 23.5 Å². The molecule has 0 unspecified atom stereocenters. The van der Waals surface area contributed by atoms with Crippen LogP contribution in [0.1, 0.15) is 48.5 Å². The highest BCUT2D eigenvalue weighted by Gasteiger charge is 2.19. The van der Waals surface area contributed by atoms with Gasteiger partial charge in [0.05, 0.1) is 29.9 Å². The Balaban J connectivity index is 1.64. The average molecular weight is 385 g/mol. The topological polar surface area (TPSA) is 56.1 Å². The second-order valence-electron chi connectivity index (χ2n) is 7.09. The zero-order chi connectivity index (χ0) is 19.7. The van der Waals surface area contributed by atoms with Gasteiger partial charge in [-0.25, -0.2) is 8.78 Å². The predicted octanol–water partition coefficient (Wildman–Crippen LogP) is 5.08. The minimum atomic E-state index is -0.914. The summed E-state index contributed by atoms with van der Waals surface area (Å²) in [4.78, 5) is 12.5. The van der Waals surface area contributed by atoms with Crippen molar-refractivity contribution in [3.63, 3.8) is 0 Å². The van der Waals surface area contributed by atoms with E-state index < -0.39 is 17.5 Å². The minimum absolute atomic E-state index is 0.235. The Kier molecular flexibility index (Phi) is 4.98. The lowest BCUT2D eigenvalue weighted by Crippen LogP contribution is -2.14. The van der Waals surface area contributed by atoms with Gasteiger partial charge in [-0.3, -0.25) is 9.48 Å². The maximum absolute atomic E-state index is 13.9. The van der Waals surface area contributed by atoms with Crippen molar-refractivity contribution in [2.75, 3.05) is 12.4 Å². The number of amides is 1. The standard InChI is InChI=1S/C21H21F2N3O2/c1-28-20-11-18-13(12-26(25-18)15-5-3-2-4-6-15)9-19(20)24-21(27)16-8-7-14(22)10-17(16)23/h7-12,15H,2-6H2,1H3,(H,24,27). The molecule has 1 aliphatic carbocycles. The van der Waals surface area contributed by atoms with Gasteiger partial charge in [0.25, 0.3) is 5.91 Å². The highest BCUT2D eigenvalue weighted by Crippen LogP contribution is 2.33. The van der Waals surface area contributed by atoms with Gasteiger partial charge in [-0.2, -0.15) is 5.10 Å². The van der Waals surface area contributed by atoms with E-state index in [2.05, 4.69) is 10.4 Å². The van der Waals surface area contributed by atoms with Crippen LogP contribution in [0.5, 0.6) is 5.75 Å². The third kappa shape index (κ3) is 3.56. The van der Waals surface area contributed by atoms with Crippen LogP contribution in [0.3, 0.4) is 0 Å². The van der Waals surface area contributed by atoms with E-state index in [0.717, 1.165) is 35.9 Å². The van der Waals surface area contributed by atoms with E-state index >= 15 is 0 Å². The van der Waals surface area contributed by atoms with Crippen molar-refractivity contribution in [3.05, 3.63) is 53.7 Å². The molecule has 5 nitrogen and oxygen atoms in total. The summed E-state index contributed by atoms with van der Waals surface area (Å²) in [5, 5.41) is 8.19. The summed E-state index contributed by atoms with van der Waals surface area (Å²) in [5.41, 5.74) is 0.946. The summed E-state index contributed by atoms with van der Waals surface area (Å²) in [7, 11) is 1.49.